The first-order valence-corrected chi connectivity index (χ1v) is 10.3. The second kappa shape index (κ2) is 12.6. The molecule has 0 bridgehead atoms. The summed E-state index contributed by atoms with van der Waals surface area (Å²) in [4.78, 5) is 12.4. The first-order chi connectivity index (χ1) is 14.6. The summed E-state index contributed by atoms with van der Waals surface area (Å²) in [7, 11) is 4.79. The Morgan fingerprint density at radius 2 is 1.57 bits per heavy atom. The van der Waals surface area contributed by atoms with Crippen LogP contribution < -0.4 is 14.2 Å². The zero-order valence-electron chi connectivity index (χ0n) is 18.4. The monoisotopic (exact) mass is 412 g/mol. The molecule has 30 heavy (non-hydrogen) atoms. The van der Waals surface area contributed by atoms with Crippen LogP contribution in [0, 0.1) is 0 Å². The molecule has 0 aliphatic rings. The Hall–Kier alpha value is -2.95. The van der Waals surface area contributed by atoms with Crippen LogP contribution >= 0.6 is 0 Å². The molecule has 2 aromatic carbocycles. The molecule has 0 spiro atoms. The van der Waals surface area contributed by atoms with Gasteiger partial charge in [-0.05, 0) is 62.3 Å². The molecule has 0 N–H and O–H groups in total. The van der Waals surface area contributed by atoms with Crippen molar-refractivity contribution in [3.8, 4) is 17.2 Å². The van der Waals surface area contributed by atoms with Gasteiger partial charge in [-0.25, -0.2) is 4.79 Å². The lowest BCUT2D eigenvalue weighted by Gasteiger charge is -2.14. The number of ether oxygens (including phenoxy) is 4. The Morgan fingerprint density at radius 1 is 0.900 bits per heavy atom. The molecule has 0 fully saturated rings. The smallest absolute Gasteiger partial charge is 0.333 e. The van der Waals surface area contributed by atoms with E-state index in [0.29, 0.717) is 30.3 Å². The number of esters is 1. The minimum Gasteiger partial charge on any atom is -0.493 e. The van der Waals surface area contributed by atoms with Crippen molar-refractivity contribution < 1.29 is 23.7 Å². The van der Waals surface area contributed by atoms with Crippen LogP contribution in [-0.2, 0) is 22.4 Å². The zero-order valence-corrected chi connectivity index (χ0v) is 18.4. The van der Waals surface area contributed by atoms with Gasteiger partial charge in [-0.1, -0.05) is 36.4 Å². The van der Waals surface area contributed by atoms with Crippen molar-refractivity contribution in [2.45, 2.75) is 39.0 Å². The average Bonchev–Trinajstić information content (AvgIpc) is 2.78. The van der Waals surface area contributed by atoms with Crippen molar-refractivity contribution in [2.75, 3.05) is 27.9 Å². The van der Waals surface area contributed by atoms with E-state index >= 15 is 0 Å². The number of aryl methyl sites for hydroxylation is 2. The SMILES string of the molecule is CCOC(=O)C(=CCCc1cc(OC)c(OC)c(OC)c1)CCCc1ccccc1. The number of hydrogen-bond donors (Lipinski definition) is 0. The molecule has 2 rings (SSSR count). The summed E-state index contributed by atoms with van der Waals surface area (Å²) in [6.45, 7) is 2.21. The standard InChI is InChI=1S/C25H32O5/c1-5-30-25(26)21(15-9-13-19-11-7-6-8-12-19)16-10-14-20-17-22(27-2)24(29-4)23(18-20)28-3/h6-8,11-12,16-18H,5,9-10,13-15H2,1-4H3. The largest absolute Gasteiger partial charge is 0.493 e. The summed E-state index contributed by atoms with van der Waals surface area (Å²) in [5.41, 5.74) is 3.06. The van der Waals surface area contributed by atoms with Crippen LogP contribution in [0.5, 0.6) is 17.2 Å². The van der Waals surface area contributed by atoms with Crippen molar-refractivity contribution in [1.82, 2.24) is 0 Å². The molecule has 2 aromatic rings. The van der Waals surface area contributed by atoms with Crippen molar-refractivity contribution in [1.29, 1.82) is 0 Å². The van der Waals surface area contributed by atoms with Gasteiger partial charge in [-0.15, -0.1) is 0 Å². The number of hydrogen-bond acceptors (Lipinski definition) is 5. The van der Waals surface area contributed by atoms with E-state index in [-0.39, 0.29) is 5.97 Å². The molecule has 0 aliphatic heterocycles. The van der Waals surface area contributed by atoms with Crippen LogP contribution in [0.4, 0.5) is 0 Å². The topological polar surface area (TPSA) is 54.0 Å². The highest BCUT2D eigenvalue weighted by molar-refractivity contribution is 5.88. The highest BCUT2D eigenvalue weighted by Gasteiger charge is 2.14. The molecular weight excluding hydrogens is 380 g/mol. The Balaban J connectivity index is 2.04. The highest BCUT2D eigenvalue weighted by Crippen LogP contribution is 2.38. The zero-order chi connectivity index (χ0) is 21.8. The van der Waals surface area contributed by atoms with Crippen LogP contribution in [0.25, 0.3) is 0 Å². The van der Waals surface area contributed by atoms with Crippen LogP contribution in [0.1, 0.15) is 37.3 Å². The van der Waals surface area contributed by atoms with Gasteiger partial charge in [-0.2, -0.15) is 0 Å². The predicted octanol–water partition coefficient (Wildman–Crippen LogP) is 5.16. The van der Waals surface area contributed by atoms with Gasteiger partial charge in [0.1, 0.15) is 0 Å². The quantitative estimate of drug-likeness (QED) is 0.356. The molecule has 162 valence electrons. The number of rotatable bonds is 12. The number of benzene rings is 2. The van der Waals surface area contributed by atoms with Crippen LogP contribution in [0.2, 0.25) is 0 Å². The lowest BCUT2D eigenvalue weighted by molar-refractivity contribution is -0.138. The fraction of sp³-hybridized carbons (Fsp3) is 0.400. The number of methoxy groups -OCH3 is 3. The molecule has 0 atom stereocenters. The van der Waals surface area contributed by atoms with Gasteiger partial charge in [-0.3, -0.25) is 0 Å². The second-order valence-corrected chi connectivity index (χ2v) is 6.86. The summed E-state index contributed by atoms with van der Waals surface area (Å²) < 4.78 is 21.5. The normalized spacial score (nSPS) is 11.1. The summed E-state index contributed by atoms with van der Waals surface area (Å²) >= 11 is 0. The van der Waals surface area contributed by atoms with Gasteiger partial charge in [0.05, 0.1) is 27.9 Å². The van der Waals surface area contributed by atoms with E-state index in [2.05, 4.69) is 12.1 Å². The van der Waals surface area contributed by atoms with Crippen molar-refractivity contribution in [2.24, 2.45) is 0 Å². The van der Waals surface area contributed by atoms with Crippen LogP contribution in [-0.4, -0.2) is 33.9 Å². The summed E-state index contributed by atoms with van der Waals surface area (Å²) in [6.07, 6.45) is 5.99. The summed E-state index contributed by atoms with van der Waals surface area (Å²) in [6, 6.07) is 14.2. The molecule has 5 nitrogen and oxygen atoms in total. The Bertz CT molecular complexity index is 802. The van der Waals surface area contributed by atoms with Gasteiger partial charge >= 0.3 is 5.97 Å². The van der Waals surface area contributed by atoms with Crippen LogP contribution in [0.15, 0.2) is 54.1 Å². The van der Waals surface area contributed by atoms with Gasteiger partial charge in [0.25, 0.3) is 0 Å². The Kier molecular flexibility index (Phi) is 9.78. The lowest BCUT2D eigenvalue weighted by atomic mass is 10.0. The Morgan fingerprint density at radius 3 is 2.13 bits per heavy atom. The first kappa shape index (κ1) is 23.3. The average molecular weight is 413 g/mol. The van der Waals surface area contributed by atoms with Crippen molar-refractivity contribution in [3.63, 3.8) is 0 Å². The first-order valence-electron chi connectivity index (χ1n) is 10.3. The lowest BCUT2D eigenvalue weighted by Crippen LogP contribution is -2.08. The predicted molar refractivity (Wildman–Crippen MR) is 119 cm³/mol. The number of carbonyl (C=O) groups excluding carboxylic acids is 1. The van der Waals surface area contributed by atoms with E-state index in [1.165, 1.54) is 5.56 Å². The van der Waals surface area contributed by atoms with Gasteiger partial charge < -0.3 is 18.9 Å². The fourth-order valence-corrected chi connectivity index (χ4v) is 3.33. The van der Waals surface area contributed by atoms with E-state index in [9.17, 15) is 4.79 Å². The number of carbonyl (C=O) groups is 1. The maximum Gasteiger partial charge on any atom is 0.333 e. The third-order valence-corrected chi connectivity index (χ3v) is 4.84. The van der Waals surface area contributed by atoms with Crippen molar-refractivity contribution >= 4 is 5.97 Å². The third kappa shape index (κ3) is 6.83. The van der Waals surface area contributed by atoms with Gasteiger partial charge in [0.15, 0.2) is 11.5 Å². The van der Waals surface area contributed by atoms with Gasteiger partial charge in [0, 0.05) is 5.57 Å². The van der Waals surface area contributed by atoms with E-state index in [4.69, 9.17) is 18.9 Å². The second-order valence-electron chi connectivity index (χ2n) is 6.86. The molecule has 0 amide bonds. The van der Waals surface area contributed by atoms with Crippen LogP contribution in [0.3, 0.4) is 0 Å². The summed E-state index contributed by atoms with van der Waals surface area (Å²) in [5.74, 6) is 1.61. The molecule has 0 saturated carbocycles. The fourth-order valence-electron chi connectivity index (χ4n) is 3.33. The molecule has 5 heteroatoms. The highest BCUT2D eigenvalue weighted by atomic mass is 16.5. The number of allylic oxidation sites excluding steroid dienone is 1. The molecule has 0 saturated heterocycles. The van der Waals surface area contributed by atoms with E-state index in [1.54, 1.807) is 21.3 Å². The maximum atomic E-state index is 12.4. The minimum atomic E-state index is -0.226. The van der Waals surface area contributed by atoms with E-state index < -0.39 is 0 Å². The molecule has 0 aromatic heterocycles. The van der Waals surface area contributed by atoms with Gasteiger partial charge in [0.2, 0.25) is 5.75 Å². The molecular formula is C25H32O5. The maximum absolute atomic E-state index is 12.4. The molecule has 0 unspecified atom stereocenters. The van der Waals surface area contributed by atoms with E-state index in [0.717, 1.165) is 36.8 Å². The minimum absolute atomic E-state index is 0.226. The Labute approximate surface area is 179 Å². The third-order valence-electron chi connectivity index (χ3n) is 4.84. The van der Waals surface area contributed by atoms with Crippen molar-refractivity contribution in [3.05, 3.63) is 65.2 Å². The van der Waals surface area contributed by atoms with E-state index in [1.807, 2.05) is 43.3 Å². The summed E-state index contributed by atoms with van der Waals surface area (Å²) in [5, 5.41) is 0. The molecule has 0 aliphatic carbocycles. The molecule has 0 radical (unpaired) electrons. The molecule has 0 heterocycles.